The Labute approximate surface area is 156 Å². The molecule has 0 bridgehead atoms. The number of rotatable bonds is 5. The van der Waals surface area contributed by atoms with Gasteiger partial charge in [-0.1, -0.05) is 45.0 Å². The second-order valence-electron chi connectivity index (χ2n) is 8.24. The molecule has 0 aliphatic heterocycles. The van der Waals surface area contributed by atoms with Gasteiger partial charge in [0.1, 0.15) is 5.76 Å². The number of aryl methyl sites for hydroxylation is 1. The van der Waals surface area contributed by atoms with Crippen molar-refractivity contribution in [2.75, 3.05) is 13.6 Å². The third kappa shape index (κ3) is 4.09. The van der Waals surface area contributed by atoms with Crippen molar-refractivity contribution in [2.45, 2.75) is 57.9 Å². The molecular formula is C21H30N4O. The molecule has 1 heterocycles. The second-order valence-corrected chi connectivity index (χ2v) is 8.24. The topological polar surface area (TPSA) is 62.5 Å². The number of oxazole rings is 1. The minimum absolute atomic E-state index is 0.0307. The van der Waals surface area contributed by atoms with Crippen molar-refractivity contribution >= 4 is 5.96 Å². The summed E-state index contributed by atoms with van der Waals surface area (Å²) in [6, 6.07) is 8.68. The zero-order chi connectivity index (χ0) is 18.8. The molecule has 1 aromatic carbocycles. The average molecular weight is 354 g/mol. The predicted molar refractivity (Wildman–Crippen MR) is 105 cm³/mol. The van der Waals surface area contributed by atoms with Crippen LogP contribution in [0, 0.1) is 6.92 Å². The van der Waals surface area contributed by atoms with Gasteiger partial charge >= 0.3 is 0 Å². The summed E-state index contributed by atoms with van der Waals surface area (Å²) in [6.07, 6.45) is 4.25. The van der Waals surface area contributed by atoms with Crippen molar-refractivity contribution in [1.82, 2.24) is 15.6 Å². The summed E-state index contributed by atoms with van der Waals surface area (Å²) in [6.45, 7) is 9.95. The summed E-state index contributed by atoms with van der Waals surface area (Å²) in [7, 11) is 1.79. The van der Waals surface area contributed by atoms with Crippen LogP contribution in [-0.4, -0.2) is 24.5 Å². The van der Waals surface area contributed by atoms with Crippen molar-refractivity contribution < 1.29 is 4.42 Å². The lowest BCUT2D eigenvalue weighted by molar-refractivity contribution is 0.379. The highest BCUT2D eigenvalue weighted by Gasteiger charge is 2.44. The maximum absolute atomic E-state index is 5.83. The summed E-state index contributed by atoms with van der Waals surface area (Å²) < 4.78 is 5.83. The van der Waals surface area contributed by atoms with Gasteiger partial charge in [-0.25, -0.2) is 4.98 Å². The molecule has 2 N–H and O–H groups in total. The maximum atomic E-state index is 5.83. The number of nitrogens with zero attached hydrogens (tertiary/aromatic N) is 2. The molecule has 1 fully saturated rings. The fourth-order valence-electron chi connectivity index (χ4n) is 3.23. The smallest absolute Gasteiger partial charge is 0.213 e. The molecule has 0 radical (unpaired) electrons. The van der Waals surface area contributed by atoms with Crippen molar-refractivity contribution in [1.29, 1.82) is 0 Å². The lowest BCUT2D eigenvalue weighted by atomic mass is 9.92. The van der Waals surface area contributed by atoms with E-state index >= 15 is 0 Å². The highest BCUT2D eigenvalue weighted by Crippen LogP contribution is 2.48. The Morgan fingerprint density at radius 3 is 2.54 bits per heavy atom. The Hall–Kier alpha value is -2.30. The molecule has 0 spiro atoms. The van der Waals surface area contributed by atoms with Crippen molar-refractivity contribution in [3.05, 3.63) is 53.2 Å². The van der Waals surface area contributed by atoms with Gasteiger partial charge in [0.05, 0.1) is 12.7 Å². The molecule has 2 aromatic rings. The number of aromatic nitrogens is 1. The zero-order valence-electron chi connectivity index (χ0n) is 16.5. The molecule has 3 rings (SSSR count). The minimum Gasteiger partial charge on any atom is -0.443 e. The predicted octanol–water partition coefficient (Wildman–Crippen LogP) is 3.68. The second kappa shape index (κ2) is 7.14. The maximum Gasteiger partial charge on any atom is 0.213 e. The van der Waals surface area contributed by atoms with Gasteiger partial charge in [-0.2, -0.15) is 0 Å². The van der Waals surface area contributed by atoms with Crippen LogP contribution in [0.25, 0.3) is 0 Å². The molecule has 140 valence electrons. The monoisotopic (exact) mass is 354 g/mol. The van der Waals surface area contributed by atoms with Crippen molar-refractivity contribution in [2.24, 2.45) is 4.99 Å². The van der Waals surface area contributed by atoms with Crippen molar-refractivity contribution in [3.63, 3.8) is 0 Å². The number of aliphatic imine (C=N–C) groups is 1. The van der Waals surface area contributed by atoms with Gasteiger partial charge in [-0.05, 0) is 30.9 Å². The van der Waals surface area contributed by atoms with Crippen LogP contribution in [0.4, 0.5) is 0 Å². The Morgan fingerprint density at radius 2 is 1.96 bits per heavy atom. The van der Waals surface area contributed by atoms with E-state index in [0.29, 0.717) is 12.4 Å². The van der Waals surface area contributed by atoms with E-state index in [0.717, 1.165) is 18.3 Å². The van der Waals surface area contributed by atoms with Gasteiger partial charge in [-0.3, -0.25) is 4.99 Å². The van der Waals surface area contributed by atoms with Crippen LogP contribution in [0.3, 0.4) is 0 Å². The van der Waals surface area contributed by atoms with Gasteiger partial charge in [-0.15, -0.1) is 0 Å². The Morgan fingerprint density at radius 1 is 1.23 bits per heavy atom. The van der Waals surface area contributed by atoms with E-state index in [-0.39, 0.29) is 10.8 Å². The van der Waals surface area contributed by atoms with Crippen LogP contribution < -0.4 is 10.6 Å². The fraction of sp³-hybridized carbons (Fsp3) is 0.524. The lowest BCUT2D eigenvalue weighted by Gasteiger charge is -2.20. The fourth-order valence-corrected chi connectivity index (χ4v) is 3.23. The molecule has 0 amide bonds. The third-order valence-corrected chi connectivity index (χ3v) is 5.09. The first-order valence-corrected chi connectivity index (χ1v) is 9.30. The van der Waals surface area contributed by atoms with Crippen LogP contribution >= 0.6 is 0 Å². The molecule has 0 atom stereocenters. The van der Waals surface area contributed by atoms with E-state index in [1.807, 2.05) is 6.20 Å². The number of benzene rings is 1. The van der Waals surface area contributed by atoms with Crippen LogP contribution in [0.15, 0.2) is 39.9 Å². The van der Waals surface area contributed by atoms with E-state index in [4.69, 9.17) is 4.42 Å². The van der Waals surface area contributed by atoms with E-state index in [2.05, 4.69) is 72.6 Å². The first-order valence-electron chi connectivity index (χ1n) is 9.30. The summed E-state index contributed by atoms with van der Waals surface area (Å²) in [5.74, 6) is 2.35. The highest BCUT2D eigenvalue weighted by atomic mass is 16.4. The van der Waals surface area contributed by atoms with Gasteiger partial charge in [0, 0.05) is 24.4 Å². The lowest BCUT2D eigenvalue weighted by Crippen LogP contribution is -2.41. The highest BCUT2D eigenvalue weighted by molar-refractivity contribution is 5.79. The van der Waals surface area contributed by atoms with E-state index in [1.165, 1.54) is 24.0 Å². The zero-order valence-corrected chi connectivity index (χ0v) is 16.5. The molecule has 1 aliphatic rings. The average Bonchev–Trinajstić information content (AvgIpc) is 3.22. The SMILES string of the molecule is CN=C(NCc1ncc(C(C)(C)C)o1)NCC1(c2ccccc2C)CC1. The first-order chi connectivity index (χ1) is 12.3. The molecule has 1 aliphatic carbocycles. The molecule has 0 saturated heterocycles. The normalized spacial score (nSPS) is 16.4. The van der Waals surface area contributed by atoms with Gasteiger partial charge in [0.25, 0.3) is 0 Å². The molecule has 1 saturated carbocycles. The van der Waals surface area contributed by atoms with Crippen LogP contribution in [0.1, 0.15) is 56.4 Å². The summed E-state index contributed by atoms with van der Waals surface area (Å²) >= 11 is 0. The van der Waals surface area contributed by atoms with Crippen LogP contribution in [-0.2, 0) is 17.4 Å². The molecule has 5 nitrogen and oxygen atoms in total. The number of nitrogens with one attached hydrogen (secondary N) is 2. The Kier molecular flexibility index (Phi) is 5.08. The standard InChI is InChI=1S/C21H30N4O/c1-15-8-6-7-9-16(15)21(10-11-21)14-25-19(22-5)24-13-18-23-12-17(26-18)20(2,3)4/h6-9,12H,10-11,13-14H2,1-5H3,(H2,22,24,25). The number of hydrogen-bond donors (Lipinski definition) is 2. The van der Waals surface area contributed by atoms with Crippen molar-refractivity contribution in [3.8, 4) is 0 Å². The van der Waals surface area contributed by atoms with Crippen LogP contribution in [0.2, 0.25) is 0 Å². The third-order valence-electron chi connectivity index (χ3n) is 5.09. The molecule has 1 aromatic heterocycles. The number of hydrogen-bond acceptors (Lipinski definition) is 3. The Bertz CT molecular complexity index is 781. The molecular weight excluding hydrogens is 324 g/mol. The molecule has 5 heteroatoms. The molecule has 0 unspecified atom stereocenters. The quantitative estimate of drug-likeness (QED) is 0.635. The molecule has 26 heavy (non-hydrogen) atoms. The largest absolute Gasteiger partial charge is 0.443 e. The van der Waals surface area contributed by atoms with Gasteiger partial charge in [0.15, 0.2) is 5.96 Å². The summed E-state index contributed by atoms with van der Waals surface area (Å²) in [4.78, 5) is 8.69. The van der Waals surface area contributed by atoms with Gasteiger partial charge < -0.3 is 15.1 Å². The van der Waals surface area contributed by atoms with E-state index in [1.54, 1.807) is 7.05 Å². The first kappa shape index (κ1) is 18.5. The van der Waals surface area contributed by atoms with E-state index in [9.17, 15) is 0 Å². The Balaban J connectivity index is 1.56. The summed E-state index contributed by atoms with van der Waals surface area (Å²) in [5, 5.41) is 6.77. The minimum atomic E-state index is -0.0307. The van der Waals surface area contributed by atoms with E-state index < -0.39 is 0 Å². The van der Waals surface area contributed by atoms with Gasteiger partial charge in [0.2, 0.25) is 5.89 Å². The van der Waals surface area contributed by atoms with Crippen LogP contribution in [0.5, 0.6) is 0 Å². The number of guanidine groups is 1. The summed E-state index contributed by atoms with van der Waals surface area (Å²) in [5.41, 5.74) is 3.03.